The van der Waals surface area contributed by atoms with Gasteiger partial charge < -0.3 is 15.4 Å². The average Bonchev–Trinajstić information content (AvgIpc) is 3.01. The fourth-order valence-electron chi connectivity index (χ4n) is 4.21. The zero-order valence-electron chi connectivity index (χ0n) is 17.1. The van der Waals surface area contributed by atoms with Gasteiger partial charge in [-0.2, -0.15) is 0 Å². The molecule has 1 fully saturated rings. The smallest absolute Gasteiger partial charge is 0.223 e. The average molecular weight is 389 g/mol. The van der Waals surface area contributed by atoms with Crippen LogP contribution in [0, 0.1) is 0 Å². The van der Waals surface area contributed by atoms with Crippen LogP contribution in [0.1, 0.15) is 51.8 Å². The summed E-state index contributed by atoms with van der Waals surface area (Å²) in [5, 5.41) is 7.30. The number of aryl methyl sites for hydroxylation is 1. The minimum atomic E-state index is 0.0991. The zero-order valence-corrected chi connectivity index (χ0v) is 17.9. The third-order valence-corrected chi connectivity index (χ3v) is 6.03. The van der Waals surface area contributed by atoms with Crippen LogP contribution in [0.5, 0.6) is 0 Å². The van der Waals surface area contributed by atoms with E-state index in [0.29, 0.717) is 6.04 Å². The van der Waals surface area contributed by atoms with Gasteiger partial charge in [-0.05, 0) is 71.6 Å². The Labute approximate surface area is 167 Å². The molecule has 2 aromatic heterocycles. The molecule has 0 aromatic carbocycles. The molecule has 0 saturated carbocycles. The molecule has 0 aliphatic carbocycles. The number of aromatic nitrogens is 2. The van der Waals surface area contributed by atoms with Gasteiger partial charge in [0.15, 0.2) is 0 Å². The Kier molecular flexibility index (Phi) is 6.18. The first-order valence-electron chi connectivity index (χ1n) is 9.73. The normalized spacial score (nSPS) is 19.1. The Morgan fingerprint density at radius 2 is 1.93 bits per heavy atom. The predicted octanol–water partition coefficient (Wildman–Crippen LogP) is 4.51. The summed E-state index contributed by atoms with van der Waals surface area (Å²) in [4.78, 5) is 11.8. The summed E-state index contributed by atoms with van der Waals surface area (Å²) in [5.41, 5.74) is 1.19. The Bertz CT molecular complexity index is 740. The quantitative estimate of drug-likeness (QED) is 0.684. The molecule has 0 atom stereocenters. The first kappa shape index (κ1) is 20.2. The number of piperidine rings is 1. The van der Waals surface area contributed by atoms with Crippen LogP contribution in [0.2, 0.25) is 0 Å². The van der Waals surface area contributed by atoms with Crippen LogP contribution < -0.4 is 10.6 Å². The van der Waals surface area contributed by atoms with Gasteiger partial charge in [-0.1, -0.05) is 0 Å². The van der Waals surface area contributed by atoms with E-state index in [1.165, 1.54) is 9.75 Å². The molecule has 1 aliphatic heterocycles. The monoisotopic (exact) mass is 388 g/mol. The molecule has 3 heterocycles. The Morgan fingerprint density at radius 1 is 1.19 bits per heavy atom. The topological polar surface area (TPSA) is 59.1 Å². The lowest BCUT2D eigenvalue weighted by molar-refractivity contribution is 0.170. The molecule has 2 aromatic rings. The predicted molar refractivity (Wildman–Crippen MR) is 113 cm³/mol. The molecule has 0 radical (unpaired) electrons. The van der Waals surface area contributed by atoms with Crippen LogP contribution in [-0.4, -0.2) is 40.8 Å². The number of hydrogen-bond acceptors (Lipinski definition) is 6. The Hall–Kier alpha value is -1.50. The van der Waals surface area contributed by atoms with Crippen molar-refractivity contribution >= 4 is 17.3 Å². The molecule has 5 nitrogen and oxygen atoms in total. The van der Waals surface area contributed by atoms with Crippen molar-refractivity contribution in [1.29, 1.82) is 0 Å². The van der Waals surface area contributed by atoms with Gasteiger partial charge in [0.05, 0.1) is 10.6 Å². The molecule has 27 heavy (non-hydrogen) atoms. The van der Waals surface area contributed by atoms with Crippen LogP contribution in [0.25, 0.3) is 10.6 Å². The van der Waals surface area contributed by atoms with Crippen molar-refractivity contribution in [3.8, 4) is 10.6 Å². The molecule has 2 N–H and O–H groups in total. The highest BCUT2D eigenvalue weighted by atomic mass is 32.1. The molecule has 0 unspecified atom stereocenters. The minimum Gasteiger partial charge on any atom is -0.385 e. The second-order valence-electron chi connectivity index (χ2n) is 8.77. The third kappa shape index (κ3) is 5.74. The van der Waals surface area contributed by atoms with E-state index in [9.17, 15) is 0 Å². The number of ether oxygens (including phenoxy) is 1. The second-order valence-corrected chi connectivity index (χ2v) is 9.94. The summed E-state index contributed by atoms with van der Waals surface area (Å²) < 4.78 is 5.14. The first-order chi connectivity index (χ1) is 12.8. The van der Waals surface area contributed by atoms with Crippen molar-refractivity contribution in [2.45, 2.75) is 70.5 Å². The van der Waals surface area contributed by atoms with Crippen molar-refractivity contribution < 1.29 is 4.74 Å². The van der Waals surface area contributed by atoms with Crippen molar-refractivity contribution in [2.75, 3.05) is 19.0 Å². The molecular formula is C21H32N4OS. The lowest BCUT2D eigenvalue weighted by Gasteiger charge is -2.46. The SMILES string of the molecule is COCCCc1ccc(-c2ccnc(NC3CC(C)(C)NC(C)(C)C3)n2)s1. The van der Waals surface area contributed by atoms with E-state index in [4.69, 9.17) is 9.72 Å². The molecule has 3 rings (SSSR count). The van der Waals surface area contributed by atoms with E-state index in [1.807, 2.05) is 23.6 Å². The van der Waals surface area contributed by atoms with E-state index in [1.54, 1.807) is 7.11 Å². The van der Waals surface area contributed by atoms with Gasteiger partial charge >= 0.3 is 0 Å². The fraction of sp³-hybridized carbons (Fsp3) is 0.619. The Balaban J connectivity index is 1.69. The molecule has 0 spiro atoms. The molecule has 6 heteroatoms. The number of rotatable bonds is 7. The first-order valence-corrected chi connectivity index (χ1v) is 10.5. The molecule has 148 valence electrons. The van der Waals surface area contributed by atoms with E-state index in [2.05, 4.69) is 55.4 Å². The number of anilines is 1. The summed E-state index contributed by atoms with van der Waals surface area (Å²) in [7, 11) is 1.75. The number of methoxy groups -OCH3 is 1. The van der Waals surface area contributed by atoms with Crippen LogP contribution >= 0.6 is 11.3 Å². The van der Waals surface area contributed by atoms with Crippen molar-refractivity contribution in [2.24, 2.45) is 0 Å². The highest BCUT2D eigenvalue weighted by Gasteiger charge is 2.37. The maximum atomic E-state index is 5.14. The van der Waals surface area contributed by atoms with Crippen molar-refractivity contribution in [3.63, 3.8) is 0 Å². The number of nitrogens with one attached hydrogen (secondary N) is 2. The number of hydrogen-bond donors (Lipinski definition) is 2. The number of thiophene rings is 1. The van der Waals surface area contributed by atoms with Crippen molar-refractivity contribution in [3.05, 3.63) is 29.3 Å². The van der Waals surface area contributed by atoms with Gasteiger partial charge in [0, 0.05) is 41.9 Å². The zero-order chi connectivity index (χ0) is 19.5. The van der Waals surface area contributed by atoms with E-state index >= 15 is 0 Å². The highest BCUT2D eigenvalue weighted by molar-refractivity contribution is 7.15. The minimum absolute atomic E-state index is 0.0991. The largest absolute Gasteiger partial charge is 0.385 e. The summed E-state index contributed by atoms with van der Waals surface area (Å²) >= 11 is 1.81. The second kappa shape index (κ2) is 8.25. The van der Waals surface area contributed by atoms with Gasteiger partial charge in [-0.25, -0.2) is 9.97 Å². The van der Waals surface area contributed by atoms with Gasteiger partial charge in [0.25, 0.3) is 0 Å². The molecule has 1 saturated heterocycles. The fourth-order valence-corrected chi connectivity index (χ4v) is 5.23. The molecule has 1 aliphatic rings. The highest BCUT2D eigenvalue weighted by Crippen LogP contribution is 2.31. The Morgan fingerprint density at radius 3 is 2.63 bits per heavy atom. The van der Waals surface area contributed by atoms with E-state index in [-0.39, 0.29) is 11.1 Å². The third-order valence-electron chi connectivity index (χ3n) is 4.86. The number of nitrogens with zero attached hydrogens (tertiary/aromatic N) is 2. The summed E-state index contributed by atoms with van der Waals surface area (Å²) in [6.45, 7) is 9.85. The standard InChI is InChI=1S/C21H32N4OS/c1-20(2)13-15(14-21(3,4)25-20)23-19-22-11-10-17(24-19)18-9-8-16(27-18)7-6-12-26-5/h8-11,15,25H,6-7,12-14H2,1-5H3,(H,22,23,24). The van der Waals surface area contributed by atoms with Gasteiger partial charge in [0.2, 0.25) is 5.95 Å². The van der Waals surface area contributed by atoms with Gasteiger partial charge in [0.1, 0.15) is 0 Å². The molecular weight excluding hydrogens is 356 g/mol. The van der Waals surface area contributed by atoms with Crippen LogP contribution in [0.4, 0.5) is 5.95 Å². The van der Waals surface area contributed by atoms with Crippen LogP contribution in [0.15, 0.2) is 24.4 Å². The van der Waals surface area contributed by atoms with E-state index in [0.717, 1.165) is 43.9 Å². The summed E-state index contributed by atoms with van der Waals surface area (Å²) in [6, 6.07) is 6.71. The van der Waals surface area contributed by atoms with Crippen LogP contribution in [0.3, 0.4) is 0 Å². The molecule has 0 bridgehead atoms. The summed E-state index contributed by atoms with van der Waals surface area (Å²) in [5.74, 6) is 0.723. The lowest BCUT2D eigenvalue weighted by Crippen LogP contribution is -2.60. The van der Waals surface area contributed by atoms with Crippen molar-refractivity contribution in [1.82, 2.24) is 15.3 Å². The maximum Gasteiger partial charge on any atom is 0.223 e. The lowest BCUT2D eigenvalue weighted by atomic mass is 9.80. The van der Waals surface area contributed by atoms with Crippen LogP contribution in [-0.2, 0) is 11.2 Å². The summed E-state index contributed by atoms with van der Waals surface area (Å²) in [6.07, 6.45) is 6.05. The van der Waals surface area contributed by atoms with Gasteiger partial charge in [-0.3, -0.25) is 0 Å². The molecule has 0 amide bonds. The maximum absolute atomic E-state index is 5.14. The van der Waals surface area contributed by atoms with E-state index < -0.39 is 0 Å². The van der Waals surface area contributed by atoms with Gasteiger partial charge in [-0.15, -0.1) is 11.3 Å².